The molecule has 1 aromatic rings. The second-order valence-corrected chi connectivity index (χ2v) is 4.86. The van der Waals surface area contributed by atoms with Crippen molar-refractivity contribution in [2.24, 2.45) is 0 Å². The zero-order valence-corrected chi connectivity index (χ0v) is 11.5. The van der Waals surface area contributed by atoms with E-state index in [0.29, 0.717) is 0 Å². The number of carbonyl (C=O) groups excluding carboxylic acids is 1. The first-order valence-corrected chi connectivity index (χ1v) is 6.45. The topological polar surface area (TPSA) is 20.3 Å². The fourth-order valence-electron chi connectivity index (χ4n) is 1.51. The number of hydrogen-bond acceptors (Lipinski definition) is 1. The number of hydrogen-bond donors (Lipinski definition) is 0. The lowest BCUT2D eigenvalue weighted by molar-refractivity contribution is 0.0792. The average molecular weight is 284 g/mol. The van der Waals surface area contributed by atoms with Crippen LogP contribution in [0.15, 0.2) is 28.7 Å². The predicted molar refractivity (Wildman–Crippen MR) is 70.6 cm³/mol. The summed E-state index contributed by atoms with van der Waals surface area (Å²) in [5.41, 5.74) is 0.752. The van der Waals surface area contributed by atoms with Gasteiger partial charge >= 0.3 is 0 Å². The first-order chi connectivity index (χ1) is 7.65. The van der Waals surface area contributed by atoms with Crippen LogP contribution in [0.4, 0.5) is 0 Å². The van der Waals surface area contributed by atoms with Gasteiger partial charge in [0.15, 0.2) is 0 Å². The van der Waals surface area contributed by atoms with Gasteiger partial charge in [0.25, 0.3) is 5.91 Å². The van der Waals surface area contributed by atoms with Gasteiger partial charge in [-0.2, -0.15) is 0 Å². The second-order valence-electron chi connectivity index (χ2n) is 3.94. The van der Waals surface area contributed by atoms with Crippen molar-refractivity contribution in [3.8, 4) is 0 Å². The lowest BCUT2D eigenvalue weighted by Gasteiger charge is -2.16. The van der Waals surface area contributed by atoms with E-state index in [2.05, 4.69) is 22.9 Å². The van der Waals surface area contributed by atoms with E-state index < -0.39 is 0 Å². The van der Waals surface area contributed by atoms with Crippen molar-refractivity contribution in [2.45, 2.75) is 26.2 Å². The van der Waals surface area contributed by atoms with Crippen molar-refractivity contribution in [1.82, 2.24) is 4.90 Å². The van der Waals surface area contributed by atoms with Gasteiger partial charge in [-0.1, -0.05) is 35.7 Å². The number of halogens is 1. The normalized spacial score (nSPS) is 10.2. The largest absolute Gasteiger partial charge is 0.342 e. The number of amides is 1. The highest BCUT2D eigenvalue weighted by Crippen LogP contribution is 2.12. The third-order valence-corrected chi connectivity index (χ3v) is 3.06. The lowest BCUT2D eigenvalue weighted by Crippen LogP contribution is -2.27. The van der Waals surface area contributed by atoms with Crippen LogP contribution in [-0.2, 0) is 0 Å². The first-order valence-electron chi connectivity index (χ1n) is 5.66. The zero-order valence-electron chi connectivity index (χ0n) is 9.87. The predicted octanol–water partition coefficient (Wildman–Crippen LogP) is 3.71. The van der Waals surface area contributed by atoms with Gasteiger partial charge in [-0.15, -0.1) is 0 Å². The second kappa shape index (κ2) is 6.69. The molecule has 1 amide bonds. The third-order valence-electron chi connectivity index (χ3n) is 2.53. The third kappa shape index (κ3) is 3.97. The number of rotatable bonds is 5. The summed E-state index contributed by atoms with van der Waals surface area (Å²) in [5.74, 6) is 0.101. The van der Waals surface area contributed by atoms with Crippen LogP contribution in [0.2, 0.25) is 0 Å². The van der Waals surface area contributed by atoms with E-state index in [0.717, 1.165) is 23.0 Å². The zero-order chi connectivity index (χ0) is 12.0. The van der Waals surface area contributed by atoms with Gasteiger partial charge in [-0.05, 0) is 30.7 Å². The van der Waals surface area contributed by atoms with E-state index in [4.69, 9.17) is 0 Å². The summed E-state index contributed by atoms with van der Waals surface area (Å²) >= 11 is 3.36. The maximum atomic E-state index is 12.0. The lowest BCUT2D eigenvalue weighted by atomic mass is 10.2. The maximum absolute atomic E-state index is 12.0. The summed E-state index contributed by atoms with van der Waals surface area (Å²) in [5, 5.41) is 0. The van der Waals surface area contributed by atoms with E-state index in [1.807, 2.05) is 31.3 Å². The molecule has 0 aromatic heterocycles. The molecule has 0 saturated heterocycles. The van der Waals surface area contributed by atoms with Gasteiger partial charge < -0.3 is 4.90 Å². The summed E-state index contributed by atoms with van der Waals surface area (Å²) in [6.07, 6.45) is 3.44. The van der Waals surface area contributed by atoms with Crippen LogP contribution in [-0.4, -0.2) is 24.4 Å². The SMILES string of the molecule is CCCCCN(C)C(=O)c1ccc(Br)cc1. The van der Waals surface area contributed by atoms with Gasteiger partial charge in [0.05, 0.1) is 0 Å². The van der Waals surface area contributed by atoms with Crippen LogP contribution in [0, 0.1) is 0 Å². The van der Waals surface area contributed by atoms with E-state index in [1.54, 1.807) is 4.90 Å². The Morgan fingerprint density at radius 2 is 1.88 bits per heavy atom. The van der Waals surface area contributed by atoms with Crippen LogP contribution < -0.4 is 0 Å². The summed E-state index contributed by atoms with van der Waals surface area (Å²) in [4.78, 5) is 13.8. The van der Waals surface area contributed by atoms with Crippen molar-refractivity contribution in [3.05, 3.63) is 34.3 Å². The monoisotopic (exact) mass is 283 g/mol. The molecule has 88 valence electrons. The molecular weight excluding hydrogens is 266 g/mol. The van der Waals surface area contributed by atoms with Gasteiger partial charge in [0.1, 0.15) is 0 Å². The molecule has 0 aliphatic heterocycles. The Labute approximate surface area is 106 Å². The van der Waals surface area contributed by atoms with Gasteiger partial charge in [0.2, 0.25) is 0 Å². The fourth-order valence-corrected chi connectivity index (χ4v) is 1.78. The summed E-state index contributed by atoms with van der Waals surface area (Å²) in [6, 6.07) is 7.49. The molecule has 0 unspecified atom stereocenters. The van der Waals surface area contributed by atoms with Crippen molar-refractivity contribution in [3.63, 3.8) is 0 Å². The van der Waals surface area contributed by atoms with Crippen molar-refractivity contribution in [2.75, 3.05) is 13.6 Å². The van der Waals surface area contributed by atoms with E-state index in [9.17, 15) is 4.79 Å². The molecule has 0 radical (unpaired) electrons. The van der Waals surface area contributed by atoms with E-state index in [1.165, 1.54) is 12.8 Å². The molecule has 0 N–H and O–H groups in total. The summed E-state index contributed by atoms with van der Waals surface area (Å²) in [6.45, 7) is 3.00. The molecule has 0 heterocycles. The summed E-state index contributed by atoms with van der Waals surface area (Å²) in [7, 11) is 1.86. The van der Waals surface area contributed by atoms with Crippen LogP contribution in [0.25, 0.3) is 0 Å². The van der Waals surface area contributed by atoms with Crippen molar-refractivity contribution in [1.29, 1.82) is 0 Å². The molecule has 0 aliphatic carbocycles. The Morgan fingerprint density at radius 1 is 1.25 bits per heavy atom. The number of unbranched alkanes of at least 4 members (excludes halogenated alkanes) is 2. The van der Waals surface area contributed by atoms with E-state index >= 15 is 0 Å². The molecule has 1 rings (SSSR count). The van der Waals surface area contributed by atoms with Crippen molar-refractivity contribution < 1.29 is 4.79 Å². The number of carbonyl (C=O) groups is 1. The minimum absolute atomic E-state index is 0.101. The molecule has 1 aromatic carbocycles. The van der Waals surface area contributed by atoms with Gasteiger partial charge in [0, 0.05) is 23.6 Å². The highest BCUT2D eigenvalue weighted by Gasteiger charge is 2.10. The highest BCUT2D eigenvalue weighted by molar-refractivity contribution is 9.10. The number of nitrogens with zero attached hydrogens (tertiary/aromatic N) is 1. The van der Waals surface area contributed by atoms with Crippen LogP contribution >= 0.6 is 15.9 Å². The van der Waals surface area contributed by atoms with Crippen LogP contribution in [0.3, 0.4) is 0 Å². The Kier molecular flexibility index (Phi) is 5.53. The van der Waals surface area contributed by atoms with Crippen LogP contribution in [0.5, 0.6) is 0 Å². The molecule has 0 aliphatic rings. The minimum atomic E-state index is 0.101. The molecule has 0 bridgehead atoms. The molecule has 3 heteroatoms. The Balaban J connectivity index is 2.53. The van der Waals surface area contributed by atoms with Gasteiger partial charge in [-0.25, -0.2) is 0 Å². The van der Waals surface area contributed by atoms with E-state index in [-0.39, 0.29) is 5.91 Å². The molecule has 0 saturated carbocycles. The molecular formula is C13H18BrNO. The summed E-state index contributed by atoms with van der Waals surface area (Å²) < 4.78 is 0.998. The highest BCUT2D eigenvalue weighted by atomic mass is 79.9. The first kappa shape index (κ1) is 13.2. The molecule has 0 spiro atoms. The van der Waals surface area contributed by atoms with Crippen molar-refractivity contribution >= 4 is 21.8 Å². The van der Waals surface area contributed by atoms with Crippen LogP contribution in [0.1, 0.15) is 36.5 Å². The molecule has 0 atom stereocenters. The van der Waals surface area contributed by atoms with Gasteiger partial charge in [-0.3, -0.25) is 4.79 Å². The smallest absolute Gasteiger partial charge is 0.253 e. The molecule has 2 nitrogen and oxygen atoms in total. The molecule has 16 heavy (non-hydrogen) atoms. The Hall–Kier alpha value is -0.830. The molecule has 0 fully saturated rings. The standard InChI is InChI=1S/C13H18BrNO/c1-3-4-5-10-15(2)13(16)11-6-8-12(14)9-7-11/h6-9H,3-5,10H2,1-2H3. The average Bonchev–Trinajstić information content (AvgIpc) is 2.29. The quantitative estimate of drug-likeness (QED) is 0.755. The number of benzene rings is 1. The maximum Gasteiger partial charge on any atom is 0.253 e. The minimum Gasteiger partial charge on any atom is -0.342 e. The fraction of sp³-hybridized carbons (Fsp3) is 0.462. The Bertz CT molecular complexity index is 334. The Morgan fingerprint density at radius 3 is 2.44 bits per heavy atom.